The van der Waals surface area contributed by atoms with Gasteiger partial charge in [0.1, 0.15) is 6.04 Å². The molecule has 0 aliphatic carbocycles. The van der Waals surface area contributed by atoms with E-state index in [1.54, 1.807) is 6.92 Å². The van der Waals surface area contributed by atoms with E-state index in [9.17, 15) is 4.79 Å². The van der Waals surface area contributed by atoms with Gasteiger partial charge in [0.05, 0.1) is 6.61 Å². The molecule has 0 fully saturated rings. The minimum atomic E-state index is -0.850. The van der Waals surface area contributed by atoms with Crippen LogP contribution in [0.4, 0.5) is 0 Å². The van der Waals surface area contributed by atoms with E-state index in [-0.39, 0.29) is 12.6 Å². The number of carboxylic acids is 1. The topological polar surface area (TPSA) is 69.6 Å². The number of aliphatic hydroxyl groups excluding tert-OH is 1. The maximum Gasteiger partial charge on any atom is 0.320 e. The third-order valence-corrected chi connectivity index (χ3v) is 1.64. The number of aliphatic carboxylic acids is 1. The number of hydrogen-bond donors (Lipinski definition) is 3. The molecule has 0 saturated heterocycles. The van der Waals surface area contributed by atoms with Crippen molar-refractivity contribution in [1.29, 1.82) is 0 Å². The summed E-state index contributed by atoms with van der Waals surface area (Å²) in [6.45, 7) is 3.65. The Labute approximate surface area is 72.6 Å². The molecule has 72 valence electrons. The van der Waals surface area contributed by atoms with Gasteiger partial charge in [0, 0.05) is 6.04 Å². The molecule has 3 N–H and O–H groups in total. The number of carboxylic acid groups (broad SMARTS) is 1. The van der Waals surface area contributed by atoms with Crippen LogP contribution in [0.15, 0.2) is 0 Å². The molecule has 0 aliphatic heterocycles. The zero-order valence-corrected chi connectivity index (χ0v) is 7.58. The van der Waals surface area contributed by atoms with Crippen LogP contribution in [-0.2, 0) is 4.79 Å². The summed E-state index contributed by atoms with van der Waals surface area (Å²) in [4.78, 5) is 10.6. The standard InChI is InChI=1S/C8H17NO3/c1-3-4-7(8(11)12)9-6(2)5-10/h6-7,9-10H,3-5H2,1-2H3,(H,11,12). The number of rotatable bonds is 6. The summed E-state index contributed by atoms with van der Waals surface area (Å²) in [5.74, 6) is -0.850. The van der Waals surface area contributed by atoms with Crippen LogP contribution < -0.4 is 5.32 Å². The normalized spacial score (nSPS) is 15.6. The molecule has 0 aromatic rings. The Bertz CT molecular complexity index is 138. The van der Waals surface area contributed by atoms with E-state index in [1.165, 1.54) is 0 Å². The summed E-state index contributed by atoms with van der Waals surface area (Å²) < 4.78 is 0. The van der Waals surface area contributed by atoms with Crippen molar-refractivity contribution in [3.05, 3.63) is 0 Å². The first-order valence-corrected chi connectivity index (χ1v) is 4.21. The second kappa shape index (κ2) is 5.97. The maximum atomic E-state index is 10.6. The minimum Gasteiger partial charge on any atom is -0.480 e. The number of carbonyl (C=O) groups is 1. The summed E-state index contributed by atoms with van der Waals surface area (Å²) in [5.41, 5.74) is 0. The van der Waals surface area contributed by atoms with Crippen LogP contribution in [0.2, 0.25) is 0 Å². The Balaban J connectivity index is 3.86. The highest BCUT2D eigenvalue weighted by molar-refractivity contribution is 5.73. The lowest BCUT2D eigenvalue weighted by molar-refractivity contribution is -0.139. The lowest BCUT2D eigenvalue weighted by atomic mass is 10.1. The second-order valence-electron chi connectivity index (χ2n) is 2.93. The fourth-order valence-electron chi connectivity index (χ4n) is 0.963. The average Bonchev–Trinajstić information content (AvgIpc) is 2.03. The molecule has 0 bridgehead atoms. The number of nitrogens with one attached hydrogen (secondary N) is 1. The van der Waals surface area contributed by atoms with Crippen molar-refractivity contribution in [3.8, 4) is 0 Å². The zero-order valence-electron chi connectivity index (χ0n) is 7.58. The first kappa shape index (κ1) is 11.4. The van der Waals surface area contributed by atoms with E-state index in [0.29, 0.717) is 6.42 Å². The third-order valence-electron chi connectivity index (χ3n) is 1.64. The van der Waals surface area contributed by atoms with Gasteiger partial charge in [0.2, 0.25) is 0 Å². The Hall–Kier alpha value is -0.610. The molecule has 2 unspecified atom stereocenters. The van der Waals surface area contributed by atoms with Crippen LogP contribution >= 0.6 is 0 Å². The molecule has 0 aliphatic rings. The van der Waals surface area contributed by atoms with Gasteiger partial charge in [-0.1, -0.05) is 13.3 Å². The van der Waals surface area contributed by atoms with Crippen LogP contribution in [0.1, 0.15) is 26.7 Å². The van der Waals surface area contributed by atoms with E-state index in [2.05, 4.69) is 5.32 Å². The molecule has 12 heavy (non-hydrogen) atoms. The van der Waals surface area contributed by atoms with Crippen molar-refractivity contribution in [2.24, 2.45) is 0 Å². The molecular formula is C8H17NO3. The Morgan fingerprint density at radius 1 is 1.58 bits per heavy atom. The van der Waals surface area contributed by atoms with Crippen LogP contribution in [0.5, 0.6) is 0 Å². The van der Waals surface area contributed by atoms with Crippen molar-refractivity contribution < 1.29 is 15.0 Å². The highest BCUT2D eigenvalue weighted by Crippen LogP contribution is 1.98. The van der Waals surface area contributed by atoms with E-state index in [0.717, 1.165) is 6.42 Å². The fraction of sp³-hybridized carbons (Fsp3) is 0.875. The van der Waals surface area contributed by atoms with E-state index < -0.39 is 12.0 Å². The predicted octanol–water partition coefficient (Wildman–Crippen LogP) is 0.210. The summed E-state index contributed by atoms with van der Waals surface area (Å²) in [6.07, 6.45) is 1.42. The highest BCUT2D eigenvalue weighted by Gasteiger charge is 2.17. The van der Waals surface area contributed by atoms with Gasteiger partial charge in [-0.25, -0.2) is 0 Å². The van der Waals surface area contributed by atoms with Gasteiger partial charge >= 0.3 is 5.97 Å². The molecule has 0 saturated carbocycles. The smallest absolute Gasteiger partial charge is 0.320 e. The van der Waals surface area contributed by atoms with Crippen molar-refractivity contribution in [2.45, 2.75) is 38.8 Å². The molecule has 0 rings (SSSR count). The van der Waals surface area contributed by atoms with Crippen molar-refractivity contribution in [3.63, 3.8) is 0 Å². The average molecular weight is 175 g/mol. The van der Waals surface area contributed by atoms with Crippen LogP contribution in [0.25, 0.3) is 0 Å². The van der Waals surface area contributed by atoms with E-state index in [4.69, 9.17) is 10.2 Å². The van der Waals surface area contributed by atoms with Crippen molar-refractivity contribution >= 4 is 5.97 Å². The van der Waals surface area contributed by atoms with E-state index in [1.807, 2.05) is 6.92 Å². The Kier molecular flexibility index (Phi) is 5.66. The SMILES string of the molecule is CCCC(NC(C)CO)C(=O)O. The molecule has 4 nitrogen and oxygen atoms in total. The van der Waals surface area contributed by atoms with Gasteiger partial charge in [0.25, 0.3) is 0 Å². The molecule has 0 radical (unpaired) electrons. The Morgan fingerprint density at radius 2 is 2.17 bits per heavy atom. The zero-order chi connectivity index (χ0) is 9.56. The summed E-state index contributed by atoms with van der Waals surface area (Å²) in [6, 6.07) is -0.685. The summed E-state index contributed by atoms with van der Waals surface area (Å²) >= 11 is 0. The van der Waals surface area contributed by atoms with Gasteiger partial charge in [-0.15, -0.1) is 0 Å². The molecule has 0 aromatic heterocycles. The lowest BCUT2D eigenvalue weighted by Crippen LogP contribution is -2.43. The van der Waals surface area contributed by atoms with E-state index >= 15 is 0 Å². The molecule has 0 aromatic carbocycles. The molecule has 2 atom stereocenters. The van der Waals surface area contributed by atoms with Crippen LogP contribution in [0.3, 0.4) is 0 Å². The summed E-state index contributed by atoms with van der Waals surface area (Å²) in [7, 11) is 0. The van der Waals surface area contributed by atoms with Crippen molar-refractivity contribution in [1.82, 2.24) is 5.32 Å². The van der Waals surface area contributed by atoms with Crippen molar-refractivity contribution in [2.75, 3.05) is 6.61 Å². The van der Waals surface area contributed by atoms with Crippen LogP contribution in [-0.4, -0.2) is 34.9 Å². The fourth-order valence-corrected chi connectivity index (χ4v) is 0.963. The van der Waals surface area contributed by atoms with Gasteiger partial charge < -0.3 is 10.2 Å². The molecule has 0 spiro atoms. The quantitative estimate of drug-likeness (QED) is 0.539. The lowest BCUT2D eigenvalue weighted by Gasteiger charge is -2.17. The number of aliphatic hydroxyl groups is 1. The van der Waals surface area contributed by atoms with Gasteiger partial charge in [-0.2, -0.15) is 0 Å². The molecule has 0 heterocycles. The highest BCUT2D eigenvalue weighted by atomic mass is 16.4. The predicted molar refractivity (Wildman–Crippen MR) is 46.0 cm³/mol. The second-order valence-corrected chi connectivity index (χ2v) is 2.93. The molecule has 0 amide bonds. The maximum absolute atomic E-state index is 10.6. The van der Waals surface area contributed by atoms with Gasteiger partial charge in [0.15, 0.2) is 0 Å². The first-order valence-electron chi connectivity index (χ1n) is 4.21. The number of hydrogen-bond acceptors (Lipinski definition) is 3. The largest absolute Gasteiger partial charge is 0.480 e. The third kappa shape index (κ3) is 4.31. The summed E-state index contributed by atoms with van der Waals surface area (Å²) in [5, 5.41) is 20.2. The first-order chi connectivity index (χ1) is 5.61. The Morgan fingerprint density at radius 3 is 2.50 bits per heavy atom. The molecule has 4 heteroatoms. The van der Waals surface area contributed by atoms with Gasteiger partial charge in [-0.05, 0) is 13.3 Å². The van der Waals surface area contributed by atoms with Gasteiger partial charge in [-0.3, -0.25) is 10.1 Å². The molecular weight excluding hydrogens is 158 g/mol. The monoisotopic (exact) mass is 175 g/mol. The van der Waals surface area contributed by atoms with Crippen LogP contribution in [0, 0.1) is 0 Å². The minimum absolute atomic E-state index is 0.0342.